The standard InChI is InChI=1S/C18H27NO2/c1-13(2)16-6-4-15(5-7-16)8-9-19-11-14(3)10-17(12-19)18(20)21/h4-7,13-14,17H,8-12H2,1-3H3,(H,20,21). The quantitative estimate of drug-likeness (QED) is 0.903. The van der Waals surface area contributed by atoms with Gasteiger partial charge in [0, 0.05) is 19.6 Å². The van der Waals surface area contributed by atoms with Crippen LogP contribution in [0.4, 0.5) is 0 Å². The molecule has 1 N–H and O–H groups in total. The number of hydrogen-bond acceptors (Lipinski definition) is 2. The van der Waals surface area contributed by atoms with Crippen molar-refractivity contribution < 1.29 is 9.90 Å². The predicted octanol–water partition coefficient (Wildman–Crippen LogP) is 3.40. The van der Waals surface area contributed by atoms with Gasteiger partial charge < -0.3 is 10.0 Å². The molecule has 2 atom stereocenters. The molecule has 1 saturated heterocycles. The molecule has 0 aromatic heterocycles. The van der Waals surface area contributed by atoms with Crippen molar-refractivity contribution in [3.05, 3.63) is 35.4 Å². The Balaban J connectivity index is 1.88. The van der Waals surface area contributed by atoms with Gasteiger partial charge in [0.15, 0.2) is 0 Å². The number of nitrogens with zero attached hydrogens (tertiary/aromatic N) is 1. The van der Waals surface area contributed by atoms with Gasteiger partial charge in [-0.1, -0.05) is 45.0 Å². The molecule has 116 valence electrons. The largest absolute Gasteiger partial charge is 0.481 e. The van der Waals surface area contributed by atoms with Gasteiger partial charge in [-0.2, -0.15) is 0 Å². The molecule has 3 nitrogen and oxygen atoms in total. The first-order valence-electron chi connectivity index (χ1n) is 7.99. The number of carboxylic acid groups (broad SMARTS) is 1. The first-order valence-corrected chi connectivity index (χ1v) is 7.99. The zero-order chi connectivity index (χ0) is 15.4. The third-order valence-corrected chi connectivity index (χ3v) is 4.45. The zero-order valence-corrected chi connectivity index (χ0v) is 13.4. The average molecular weight is 289 g/mol. The molecule has 1 heterocycles. The van der Waals surface area contributed by atoms with Crippen LogP contribution in [0.25, 0.3) is 0 Å². The van der Waals surface area contributed by atoms with Gasteiger partial charge in [-0.15, -0.1) is 0 Å². The monoisotopic (exact) mass is 289 g/mol. The van der Waals surface area contributed by atoms with E-state index in [1.165, 1.54) is 11.1 Å². The van der Waals surface area contributed by atoms with Crippen molar-refractivity contribution in [2.75, 3.05) is 19.6 Å². The second-order valence-electron chi connectivity index (χ2n) is 6.78. The molecule has 21 heavy (non-hydrogen) atoms. The minimum Gasteiger partial charge on any atom is -0.481 e. The van der Waals surface area contributed by atoms with Crippen LogP contribution in [0, 0.1) is 11.8 Å². The number of hydrogen-bond donors (Lipinski definition) is 1. The minimum atomic E-state index is -0.646. The molecule has 0 saturated carbocycles. The Bertz CT molecular complexity index is 467. The molecule has 1 aliphatic rings. The number of likely N-dealkylation sites (tertiary alicyclic amines) is 1. The van der Waals surface area contributed by atoms with E-state index in [4.69, 9.17) is 0 Å². The third kappa shape index (κ3) is 4.57. The average Bonchev–Trinajstić information content (AvgIpc) is 2.45. The topological polar surface area (TPSA) is 40.5 Å². The van der Waals surface area contributed by atoms with Crippen molar-refractivity contribution in [3.63, 3.8) is 0 Å². The summed E-state index contributed by atoms with van der Waals surface area (Å²) in [6.45, 7) is 9.23. The van der Waals surface area contributed by atoms with Gasteiger partial charge in [0.1, 0.15) is 0 Å². The lowest BCUT2D eigenvalue weighted by Gasteiger charge is -2.34. The van der Waals surface area contributed by atoms with Gasteiger partial charge in [0.2, 0.25) is 0 Å². The van der Waals surface area contributed by atoms with Gasteiger partial charge in [0.05, 0.1) is 5.92 Å². The smallest absolute Gasteiger partial charge is 0.307 e. The summed E-state index contributed by atoms with van der Waals surface area (Å²) in [5.74, 6) is 0.200. The number of carboxylic acids is 1. The molecular formula is C18H27NO2. The fraction of sp³-hybridized carbons (Fsp3) is 0.611. The Morgan fingerprint density at radius 1 is 1.29 bits per heavy atom. The van der Waals surface area contributed by atoms with Crippen molar-refractivity contribution in [2.24, 2.45) is 11.8 Å². The Morgan fingerprint density at radius 3 is 2.52 bits per heavy atom. The Morgan fingerprint density at radius 2 is 1.95 bits per heavy atom. The van der Waals surface area contributed by atoms with E-state index >= 15 is 0 Å². The van der Waals surface area contributed by atoms with Crippen LogP contribution in [0.15, 0.2) is 24.3 Å². The van der Waals surface area contributed by atoms with E-state index in [2.05, 4.69) is 49.9 Å². The van der Waals surface area contributed by atoms with E-state index in [9.17, 15) is 9.90 Å². The van der Waals surface area contributed by atoms with Crippen LogP contribution in [0.5, 0.6) is 0 Å². The van der Waals surface area contributed by atoms with Crippen molar-refractivity contribution in [3.8, 4) is 0 Å². The third-order valence-electron chi connectivity index (χ3n) is 4.45. The van der Waals surface area contributed by atoms with E-state index in [-0.39, 0.29) is 5.92 Å². The first-order chi connectivity index (χ1) is 9.95. The molecule has 0 bridgehead atoms. The van der Waals surface area contributed by atoms with Crippen molar-refractivity contribution in [2.45, 2.75) is 39.5 Å². The van der Waals surface area contributed by atoms with Crippen LogP contribution in [-0.4, -0.2) is 35.6 Å². The summed E-state index contributed by atoms with van der Waals surface area (Å²) in [7, 11) is 0. The molecule has 0 spiro atoms. The van der Waals surface area contributed by atoms with Crippen LogP contribution < -0.4 is 0 Å². The molecule has 0 radical (unpaired) electrons. The van der Waals surface area contributed by atoms with E-state index in [0.717, 1.165) is 25.9 Å². The van der Waals surface area contributed by atoms with E-state index in [0.29, 0.717) is 18.4 Å². The normalized spacial score (nSPS) is 23.4. The van der Waals surface area contributed by atoms with Gasteiger partial charge in [-0.3, -0.25) is 4.79 Å². The molecule has 0 aliphatic carbocycles. The molecule has 1 aromatic carbocycles. The van der Waals surface area contributed by atoms with Crippen LogP contribution in [0.3, 0.4) is 0 Å². The predicted molar refractivity (Wildman–Crippen MR) is 85.6 cm³/mol. The summed E-state index contributed by atoms with van der Waals surface area (Å²) in [4.78, 5) is 13.5. The summed E-state index contributed by atoms with van der Waals surface area (Å²) in [5, 5.41) is 9.21. The summed E-state index contributed by atoms with van der Waals surface area (Å²) < 4.78 is 0. The lowest BCUT2D eigenvalue weighted by Crippen LogP contribution is -2.43. The number of rotatable bonds is 5. The lowest BCUT2D eigenvalue weighted by molar-refractivity contribution is -0.144. The maximum atomic E-state index is 11.2. The van der Waals surface area contributed by atoms with Gasteiger partial charge in [-0.05, 0) is 35.8 Å². The van der Waals surface area contributed by atoms with Gasteiger partial charge in [-0.25, -0.2) is 0 Å². The molecule has 2 rings (SSSR count). The van der Waals surface area contributed by atoms with Gasteiger partial charge in [0.25, 0.3) is 0 Å². The molecule has 3 heteroatoms. The lowest BCUT2D eigenvalue weighted by atomic mass is 9.90. The molecule has 0 amide bonds. The number of aliphatic carboxylic acids is 1. The van der Waals surface area contributed by atoms with Crippen molar-refractivity contribution in [1.29, 1.82) is 0 Å². The highest BCUT2D eigenvalue weighted by Gasteiger charge is 2.28. The number of benzene rings is 1. The first kappa shape index (κ1) is 16.0. The Hall–Kier alpha value is -1.35. The van der Waals surface area contributed by atoms with Crippen molar-refractivity contribution >= 4 is 5.97 Å². The SMILES string of the molecule is CC1CC(C(=O)O)CN(CCc2ccc(C(C)C)cc2)C1. The molecule has 1 fully saturated rings. The maximum absolute atomic E-state index is 11.2. The summed E-state index contributed by atoms with van der Waals surface area (Å²) in [6.07, 6.45) is 1.81. The highest BCUT2D eigenvalue weighted by Crippen LogP contribution is 2.22. The fourth-order valence-electron chi connectivity index (χ4n) is 3.18. The summed E-state index contributed by atoms with van der Waals surface area (Å²) >= 11 is 0. The minimum absolute atomic E-state index is 0.197. The van der Waals surface area contributed by atoms with Crippen LogP contribution >= 0.6 is 0 Å². The molecule has 2 unspecified atom stereocenters. The Kier molecular flexibility index (Phi) is 5.40. The maximum Gasteiger partial charge on any atom is 0.307 e. The van der Waals surface area contributed by atoms with Crippen LogP contribution in [0.2, 0.25) is 0 Å². The fourth-order valence-corrected chi connectivity index (χ4v) is 3.18. The second kappa shape index (κ2) is 7.08. The molecule has 1 aliphatic heterocycles. The van der Waals surface area contributed by atoms with Crippen LogP contribution in [0.1, 0.15) is 44.2 Å². The summed E-state index contributed by atoms with van der Waals surface area (Å²) in [6, 6.07) is 8.83. The highest BCUT2D eigenvalue weighted by molar-refractivity contribution is 5.70. The zero-order valence-electron chi connectivity index (χ0n) is 13.4. The summed E-state index contributed by atoms with van der Waals surface area (Å²) in [5.41, 5.74) is 2.71. The second-order valence-corrected chi connectivity index (χ2v) is 6.78. The molecule has 1 aromatic rings. The van der Waals surface area contributed by atoms with Crippen molar-refractivity contribution in [1.82, 2.24) is 4.90 Å². The van der Waals surface area contributed by atoms with Crippen LogP contribution in [-0.2, 0) is 11.2 Å². The van der Waals surface area contributed by atoms with E-state index in [1.54, 1.807) is 0 Å². The van der Waals surface area contributed by atoms with Gasteiger partial charge >= 0.3 is 5.97 Å². The number of carbonyl (C=O) groups is 1. The van der Waals surface area contributed by atoms with E-state index in [1.807, 2.05) is 0 Å². The number of piperidine rings is 1. The highest BCUT2D eigenvalue weighted by atomic mass is 16.4. The molecular weight excluding hydrogens is 262 g/mol. The Labute approximate surface area is 128 Å². The van der Waals surface area contributed by atoms with E-state index < -0.39 is 5.97 Å².